The van der Waals surface area contributed by atoms with Crippen molar-refractivity contribution in [2.75, 3.05) is 17.2 Å². The van der Waals surface area contributed by atoms with Gasteiger partial charge in [0.05, 0.1) is 28.7 Å². The summed E-state index contributed by atoms with van der Waals surface area (Å²) in [5.41, 5.74) is 10.3. The highest BCUT2D eigenvalue weighted by Crippen LogP contribution is 2.35. The van der Waals surface area contributed by atoms with Gasteiger partial charge in [-0.3, -0.25) is 0 Å². The molecule has 6 heteroatoms. The van der Waals surface area contributed by atoms with E-state index < -0.39 is 0 Å². The number of nitrogens with two attached hydrogens (primary N) is 1. The first-order chi connectivity index (χ1) is 13.5. The molecule has 0 radical (unpaired) electrons. The molecule has 0 spiro atoms. The molecule has 0 aliphatic heterocycles. The van der Waals surface area contributed by atoms with Crippen molar-refractivity contribution in [3.63, 3.8) is 0 Å². The zero-order valence-electron chi connectivity index (χ0n) is 16.6. The average Bonchev–Trinajstić information content (AvgIpc) is 3.04. The van der Waals surface area contributed by atoms with Crippen LogP contribution in [0, 0.1) is 25.2 Å². The number of nitriles is 1. The summed E-state index contributed by atoms with van der Waals surface area (Å²) in [6.07, 6.45) is 3.33. The lowest BCUT2D eigenvalue weighted by Crippen LogP contribution is -2.21. The number of hydrogen-bond donors (Lipinski definition) is 1. The molecule has 5 nitrogen and oxygen atoms in total. The van der Waals surface area contributed by atoms with Gasteiger partial charge >= 0.3 is 0 Å². The SMILES string of the molecule is CCCCCN(c1nc(C)c(C)s1)c1nc(-c2cccc(C#N)c2)ccc1N. The molecule has 2 heterocycles. The van der Waals surface area contributed by atoms with Crippen LogP contribution in [0.3, 0.4) is 0 Å². The Balaban J connectivity index is 2.04. The van der Waals surface area contributed by atoms with Crippen molar-refractivity contribution in [2.45, 2.75) is 40.0 Å². The van der Waals surface area contributed by atoms with Gasteiger partial charge in [-0.2, -0.15) is 5.26 Å². The van der Waals surface area contributed by atoms with Crippen LogP contribution in [0.4, 0.5) is 16.6 Å². The minimum Gasteiger partial charge on any atom is -0.396 e. The molecule has 0 aliphatic rings. The van der Waals surface area contributed by atoms with Crippen molar-refractivity contribution < 1.29 is 0 Å². The van der Waals surface area contributed by atoms with Gasteiger partial charge in [0, 0.05) is 17.0 Å². The topological polar surface area (TPSA) is 78.8 Å². The number of hydrogen-bond acceptors (Lipinski definition) is 6. The average molecular weight is 392 g/mol. The quantitative estimate of drug-likeness (QED) is 0.530. The highest BCUT2D eigenvalue weighted by molar-refractivity contribution is 7.15. The fourth-order valence-electron chi connectivity index (χ4n) is 2.97. The molecular weight excluding hydrogens is 366 g/mol. The molecule has 1 aromatic carbocycles. The van der Waals surface area contributed by atoms with Gasteiger partial charge in [0.2, 0.25) is 0 Å². The highest BCUT2D eigenvalue weighted by Gasteiger charge is 2.19. The largest absolute Gasteiger partial charge is 0.396 e. The Labute approximate surface area is 170 Å². The summed E-state index contributed by atoms with van der Waals surface area (Å²) >= 11 is 1.67. The molecule has 0 amide bonds. The molecule has 0 saturated carbocycles. The number of aryl methyl sites for hydroxylation is 2. The maximum absolute atomic E-state index is 9.19. The molecule has 28 heavy (non-hydrogen) atoms. The summed E-state index contributed by atoms with van der Waals surface area (Å²) in [6.45, 7) is 7.12. The van der Waals surface area contributed by atoms with Crippen LogP contribution in [-0.4, -0.2) is 16.5 Å². The second kappa shape index (κ2) is 8.85. The maximum atomic E-state index is 9.19. The van der Waals surface area contributed by atoms with Gasteiger partial charge in [0.25, 0.3) is 0 Å². The molecule has 0 bridgehead atoms. The highest BCUT2D eigenvalue weighted by atomic mass is 32.1. The third-order valence-corrected chi connectivity index (χ3v) is 5.78. The van der Waals surface area contributed by atoms with Crippen LogP contribution in [0.2, 0.25) is 0 Å². The van der Waals surface area contributed by atoms with Crippen molar-refractivity contribution >= 4 is 28.0 Å². The predicted octanol–water partition coefficient (Wildman–Crippen LogP) is 5.60. The van der Waals surface area contributed by atoms with Crippen molar-refractivity contribution in [2.24, 2.45) is 0 Å². The number of benzene rings is 1. The molecule has 0 saturated heterocycles. The number of nitrogen functional groups attached to an aromatic ring is 1. The van der Waals surface area contributed by atoms with Crippen molar-refractivity contribution in [3.8, 4) is 17.3 Å². The van der Waals surface area contributed by atoms with Crippen LogP contribution in [0.5, 0.6) is 0 Å². The van der Waals surface area contributed by atoms with Crippen molar-refractivity contribution in [3.05, 3.63) is 52.5 Å². The Morgan fingerprint density at radius 3 is 2.64 bits per heavy atom. The lowest BCUT2D eigenvalue weighted by Gasteiger charge is -2.23. The summed E-state index contributed by atoms with van der Waals surface area (Å²) < 4.78 is 0. The van der Waals surface area contributed by atoms with E-state index in [0.717, 1.165) is 53.7 Å². The smallest absolute Gasteiger partial charge is 0.191 e. The van der Waals surface area contributed by atoms with E-state index in [2.05, 4.69) is 24.8 Å². The monoisotopic (exact) mass is 391 g/mol. The first-order valence-electron chi connectivity index (χ1n) is 9.52. The van der Waals surface area contributed by atoms with E-state index in [0.29, 0.717) is 11.3 Å². The zero-order chi connectivity index (χ0) is 20.1. The zero-order valence-corrected chi connectivity index (χ0v) is 17.4. The Kier molecular flexibility index (Phi) is 6.27. The van der Waals surface area contributed by atoms with Crippen molar-refractivity contribution in [1.29, 1.82) is 5.26 Å². The summed E-state index contributed by atoms with van der Waals surface area (Å²) in [5, 5.41) is 10.1. The van der Waals surface area contributed by atoms with Crippen molar-refractivity contribution in [1.82, 2.24) is 9.97 Å². The number of aromatic nitrogens is 2. The third-order valence-electron chi connectivity index (χ3n) is 4.68. The fourth-order valence-corrected chi connectivity index (χ4v) is 3.91. The summed E-state index contributed by atoms with van der Waals surface area (Å²) in [7, 11) is 0. The number of unbranched alkanes of at least 4 members (excludes halogenated alkanes) is 2. The molecule has 0 fully saturated rings. The number of nitrogens with zero attached hydrogens (tertiary/aromatic N) is 4. The Hall–Kier alpha value is -2.91. The van der Waals surface area contributed by atoms with E-state index in [1.807, 2.05) is 37.3 Å². The Morgan fingerprint density at radius 1 is 1.14 bits per heavy atom. The van der Waals surface area contributed by atoms with Crippen LogP contribution in [0.15, 0.2) is 36.4 Å². The summed E-state index contributed by atoms with van der Waals surface area (Å²) in [6, 6.07) is 13.4. The van der Waals surface area contributed by atoms with E-state index in [9.17, 15) is 5.26 Å². The van der Waals surface area contributed by atoms with Gasteiger partial charge in [-0.15, -0.1) is 11.3 Å². The molecule has 2 aromatic heterocycles. The second-order valence-corrected chi connectivity index (χ2v) is 7.98. The lowest BCUT2D eigenvalue weighted by molar-refractivity contribution is 0.712. The number of anilines is 3. The first-order valence-corrected chi connectivity index (χ1v) is 10.3. The second-order valence-electron chi connectivity index (χ2n) is 6.80. The summed E-state index contributed by atoms with van der Waals surface area (Å²) in [4.78, 5) is 12.9. The molecule has 2 N–H and O–H groups in total. The van der Waals surface area contributed by atoms with Crippen LogP contribution in [0.25, 0.3) is 11.3 Å². The van der Waals surface area contributed by atoms with Crippen LogP contribution in [0.1, 0.15) is 42.3 Å². The molecule has 3 aromatic rings. The lowest BCUT2D eigenvalue weighted by atomic mass is 10.1. The van der Waals surface area contributed by atoms with Gasteiger partial charge in [0.15, 0.2) is 10.9 Å². The number of rotatable bonds is 7. The van der Waals surface area contributed by atoms with E-state index in [4.69, 9.17) is 15.7 Å². The Morgan fingerprint density at radius 2 is 1.96 bits per heavy atom. The van der Waals surface area contributed by atoms with E-state index in [-0.39, 0.29) is 0 Å². The molecule has 144 valence electrons. The third kappa shape index (κ3) is 4.32. The predicted molar refractivity (Wildman–Crippen MR) is 117 cm³/mol. The molecule has 0 aliphatic carbocycles. The van der Waals surface area contributed by atoms with Gasteiger partial charge in [0.1, 0.15) is 0 Å². The minimum absolute atomic E-state index is 0.614. The van der Waals surface area contributed by atoms with Crippen LogP contribution < -0.4 is 10.6 Å². The molecule has 0 atom stereocenters. The Bertz CT molecular complexity index is 983. The molecule has 0 unspecified atom stereocenters. The standard InChI is InChI=1S/C22H25N5S/c1-4-5-6-12-27(22-25-15(2)16(3)28-22)21-19(24)10-11-20(26-21)18-9-7-8-17(13-18)14-23/h7-11,13H,4-6,12,24H2,1-3H3. The number of thiazole rings is 1. The van der Waals surface area contributed by atoms with Gasteiger partial charge < -0.3 is 10.6 Å². The molecular formula is C22H25N5S. The fraction of sp³-hybridized carbons (Fsp3) is 0.318. The van der Waals surface area contributed by atoms with Gasteiger partial charge in [-0.05, 0) is 44.5 Å². The first kappa shape index (κ1) is 19.8. The van der Waals surface area contributed by atoms with Gasteiger partial charge in [-0.1, -0.05) is 31.9 Å². The number of pyridine rings is 1. The summed E-state index contributed by atoms with van der Waals surface area (Å²) in [5.74, 6) is 0.727. The van der Waals surface area contributed by atoms with Crippen LogP contribution >= 0.6 is 11.3 Å². The minimum atomic E-state index is 0.614. The molecule has 3 rings (SSSR count). The normalized spacial score (nSPS) is 10.6. The van der Waals surface area contributed by atoms with Gasteiger partial charge in [-0.25, -0.2) is 9.97 Å². The van der Waals surface area contributed by atoms with E-state index in [1.54, 1.807) is 17.4 Å². The van der Waals surface area contributed by atoms with E-state index >= 15 is 0 Å². The van der Waals surface area contributed by atoms with E-state index in [1.165, 1.54) is 4.88 Å². The maximum Gasteiger partial charge on any atom is 0.191 e. The van der Waals surface area contributed by atoms with Crippen LogP contribution in [-0.2, 0) is 0 Å².